The van der Waals surface area contributed by atoms with Crippen molar-refractivity contribution >= 4 is 0 Å². The van der Waals surface area contributed by atoms with Crippen molar-refractivity contribution in [1.29, 1.82) is 0 Å². The summed E-state index contributed by atoms with van der Waals surface area (Å²) in [6, 6.07) is 4.49. The number of ether oxygens (including phenoxy) is 2. The van der Waals surface area contributed by atoms with E-state index in [0.29, 0.717) is 25.3 Å². The van der Waals surface area contributed by atoms with E-state index in [-0.39, 0.29) is 0 Å². The normalized spacial score (nSPS) is 16.7. The van der Waals surface area contributed by atoms with E-state index in [1.807, 2.05) is 0 Å². The van der Waals surface area contributed by atoms with Crippen molar-refractivity contribution in [2.24, 2.45) is 11.7 Å². The topological polar surface area (TPSA) is 47.7 Å². The van der Waals surface area contributed by atoms with Crippen LogP contribution < -0.4 is 15.2 Å². The highest BCUT2D eigenvalue weighted by Crippen LogP contribution is 2.39. The fourth-order valence-electron chi connectivity index (χ4n) is 2.85. The molecule has 2 atom stereocenters. The van der Waals surface area contributed by atoms with E-state index in [1.165, 1.54) is 11.1 Å². The molecule has 4 nitrogen and oxygen atoms in total. The van der Waals surface area contributed by atoms with E-state index in [4.69, 9.17) is 15.2 Å². The summed E-state index contributed by atoms with van der Waals surface area (Å²) in [5.74, 6) is 2.13. The van der Waals surface area contributed by atoms with Gasteiger partial charge in [0.2, 0.25) is 6.79 Å². The van der Waals surface area contributed by atoms with Gasteiger partial charge in [-0.25, -0.2) is 0 Å². The first kappa shape index (κ1) is 14.2. The van der Waals surface area contributed by atoms with Gasteiger partial charge in [0.1, 0.15) is 0 Å². The van der Waals surface area contributed by atoms with Crippen LogP contribution in [0.15, 0.2) is 12.1 Å². The minimum Gasteiger partial charge on any atom is -0.454 e. The summed E-state index contributed by atoms with van der Waals surface area (Å²) < 4.78 is 10.9. The number of rotatable bonds is 5. The van der Waals surface area contributed by atoms with Gasteiger partial charge in [0.05, 0.1) is 0 Å². The van der Waals surface area contributed by atoms with Gasteiger partial charge in [0, 0.05) is 6.04 Å². The SMILES string of the molecule is CCC(CN)C(c1cc2c(cc1C)OCO2)N(C)C. The number of fused-ring (bicyclic) bond motifs is 1. The molecule has 1 aromatic rings. The molecule has 1 aliphatic rings. The van der Waals surface area contributed by atoms with Crippen LogP contribution in [0, 0.1) is 12.8 Å². The van der Waals surface area contributed by atoms with Crippen LogP contribution >= 0.6 is 0 Å². The standard InChI is InChI=1S/C15H24N2O2/c1-5-11(8-16)15(17(3)4)12-7-14-13(6-10(12)2)18-9-19-14/h6-7,11,15H,5,8-9,16H2,1-4H3. The van der Waals surface area contributed by atoms with E-state index >= 15 is 0 Å². The molecule has 2 unspecified atom stereocenters. The number of nitrogens with two attached hydrogens (primary N) is 1. The molecule has 1 aliphatic heterocycles. The Kier molecular flexibility index (Phi) is 4.32. The van der Waals surface area contributed by atoms with Gasteiger partial charge in [-0.15, -0.1) is 0 Å². The largest absolute Gasteiger partial charge is 0.454 e. The number of benzene rings is 1. The van der Waals surface area contributed by atoms with Gasteiger partial charge in [-0.1, -0.05) is 13.3 Å². The first-order valence-corrected chi connectivity index (χ1v) is 6.85. The third-order valence-electron chi connectivity index (χ3n) is 3.91. The molecule has 2 rings (SSSR count). The second-order valence-electron chi connectivity index (χ2n) is 5.37. The summed E-state index contributed by atoms with van der Waals surface area (Å²) in [5, 5.41) is 0. The van der Waals surface area contributed by atoms with Gasteiger partial charge in [-0.3, -0.25) is 0 Å². The Balaban J connectivity index is 2.42. The molecule has 0 saturated heterocycles. The third-order valence-corrected chi connectivity index (χ3v) is 3.91. The summed E-state index contributed by atoms with van der Waals surface area (Å²) in [6.07, 6.45) is 1.06. The van der Waals surface area contributed by atoms with Crippen LogP contribution in [0.3, 0.4) is 0 Å². The molecule has 4 heteroatoms. The molecule has 19 heavy (non-hydrogen) atoms. The molecular formula is C15H24N2O2. The van der Waals surface area contributed by atoms with Gasteiger partial charge in [-0.2, -0.15) is 0 Å². The monoisotopic (exact) mass is 264 g/mol. The first-order valence-electron chi connectivity index (χ1n) is 6.85. The third kappa shape index (κ3) is 2.69. The predicted molar refractivity (Wildman–Crippen MR) is 76.6 cm³/mol. The van der Waals surface area contributed by atoms with Crippen LogP contribution in [-0.4, -0.2) is 32.3 Å². The highest BCUT2D eigenvalue weighted by molar-refractivity contribution is 5.49. The molecule has 0 spiro atoms. The smallest absolute Gasteiger partial charge is 0.231 e. The Labute approximate surface area is 115 Å². The zero-order valence-corrected chi connectivity index (χ0v) is 12.3. The van der Waals surface area contributed by atoms with E-state index in [2.05, 4.69) is 45.0 Å². The molecule has 0 bridgehead atoms. The van der Waals surface area contributed by atoms with Crippen LogP contribution in [0.5, 0.6) is 11.5 Å². The maximum atomic E-state index is 5.94. The summed E-state index contributed by atoms with van der Waals surface area (Å²) in [6.45, 7) is 5.32. The lowest BCUT2D eigenvalue weighted by Gasteiger charge is -2.32. The molecule has 2 N–H and O–H groups in total. The summed E-state index contributed by atoms with van der Waals surface area (Å²) in [7, 11) is 4.21. The lowest BCUT2D eigenvalue weighted by molar-refractivity contribution is 0.173. The zero-order chi connectivity index (χ0) is 14.0. The Morgan fingerprint density at radius 2 is 1.89 bits per heavy atom. The first-order chi connectivity index (χ1) is 9.08. The van der Waals surface area contributed by atoms with Gasteiger partial charge in [0.15, 0.2) is 11.5 Å². The zero-order valence-electron chi connectivity index (χ0n) is 12.3. The number of hydrogen-bond donors (Lipinski definition) is 1. The van der Waals surface area contributed by atoms with Crippen molar-refractivity contribution in [3.8, 4) is 11.5 Å². The molecule has 1 aromatic carbocycles. The molecule has 0 fully saturated rings. The van der Waals surface area contributed by atoms with Gasteiger partial charge in [-0.05, 0) is 56.7 Å². The molecule has 0 aliphatic carbocycles. The maximum Gasteiger partial charge on any atom is 0.231 e. The molecule has 0 amide bonds. The van der Waals surface area contributed by atoms with Gasteiger partial charge in [0.25, 0.3) is 0 Å². The van der Waals surface area contributed by atoms with Crippen LogP contribution in [0.1, 0.15) is 30.5 Å². The Hall–Kier alpha value is -1.26. The molecule has 0 aromatic heterocycles. The summed E-state index contributed by atoms with van der Waals surface area (Å²) in [5.41, 5.74) is 8.45. The van der Waals surface area contributed by atoms with Crippen molar-refractivity contribution in [2.75, 3.05) is 27.4 Å². The molecule has 0 saturated carbocycles. The van der Waals surface area contributed by atoms with Crippen LogP contribution in [0.4, 0.5) is 0 Å². The predicted octanol–water partition coefficient (Wildman–Crippen LogP) is 2.31. The molecule has 106 valence electrons. The molecule has 1 heterocycles. The lowest BCUT2D eigenvalue weighted by Crippen LogP contribution is -2.32. The average Bonchev–Trinajstić information content (AvgIpc) is 2.81. The van der Waals surface area contributed by atoms with Crippen molar-refractivity contribution in [1.82, 2.24) is 4.90 Å². The second kappa shape index (κ2) is 5.80. The Morgan fingerprint density at radius 3 is 2.42 bits per heavy atom. The maximum absolute atomic E-state index is 5.94. The molecule has 0 radical (unpaired) electrons. The fourth-order valence-corrected chi connectivity index (χ4v) is 2.85. The van der Waals surface area contributed by atoms with Crippen LogP contribution in [0.25, 0.3) is 0 Å². The summed E-state index contributed by atoms with van der Waals surface area (Å²) >= 11 is 0. The fraction of sp³-hybridized carbons (Fsp3) is 0.600. The lowest BCUT2D eigenvalue weighted by atomic mass is 9.87. The number of aryl methyl sites for hydroxylation is 1. The number of hydrogen-bond acceptors (Lipinski definition) is 4. The van der Waals surface area contributed by atoms with Crippen LogP contribution in [-0.2, 0) is 0 Å². The van der Waals surface area contributed by atoms with Gasteiger partial charge < -0.3 is 20.1 Å². The van der Waals surface area contributed by atoms with Crippen LogP contribution in [0.2, 0.25) is 0 Å². The minimum absolute atomic E-state index is 0.310. The van der Waals surface area contributed by atoms with E-state index < -0.39 is 0 Å². The average molecular weight is 264 g/mol. The molecular weight excluding hydrogens is 240 g/mol. The Bertz CT molecular complexity index is 442. The van der Waals surface area contributed by atoms with E-state index in [0.717, 1.165) is 17.9 Å². The van der Waals surface area contributed by atoms with Crippen molar-refractivity contribution in [3.63, 3.8) is 0 Å². The summed E-state index contributed by atoms with van der Waals surface area (Å²) in [4.78, 5) is 2.24. The quantitative estimate of drug-likeness (QED) is 0.886. The Morgan fingerprint density at radius 1 is 1.26 bits per heavy atom. The minimum atomic E-state index is 0.310. The number of nitrogens with zero attached hydrogens (tertiary/aromatic N) is 1. The van der Waals surface area contributed by atoms with Crippen molar-refractivity contribution < 1.29 is 9.47 Å². The van der Waals surface area contributed by atoms with Crippen molar-refractivity contribution in [3.05, 3.63) is 23.3 Å². The van der Waals surface area contributed by atoms with Crippen molar-refractivity contribution in [2.45, 2.75) is 26.3 Å². The second-order valence-corrected chi connectivity index (χ2v) is 5.37. The van der Waals surface area contributed by atoms with E-state index in [9.17, 15) is 0 Å². The van der Waals surface area contributed by atoms with E-state index in [1.54, 1.807) is 0 Å². The highest BCUT2D eigenvalue weighted by atomic mass is 16.7. The highest BCUT2D eigenvalue weighted by Gasteiger charge is 2.27. The van der Waals surface area contributed by atoms with Gasteiger partial charge >= 0.3 is 0 Å².